The van der Waals surface area contributed by atoms with Crippen molar-refractivity contribution in [1.82, 2.24) is 0 Å². The molecule has 1 aromatic rings. The van der Waals surface area contributed by atoms with Gasteiger partial charge in [-0.25, -0.2) is 9.59 Å². The van der Waals surface area contributed by atoms with Gasteiger partial charge in [0.05, 0.1) is 19.8 Å². The molecule has 1 rings (SSSR count). The normalized spacial score (nSPS) is 10.9. The van der Waals surface area contributed by atoms with Gasteiger partial charge in [-0.05, 0) is 23.8 Å². The van der Waals surface area contributed by atoms with E-state index in [2.05, 4.69) is 25.4 Å². The molecule has 0 saturated heterocycles. The highest BCUT2D eigenvalue weighted by Gasteiger charge is 2.08. The minimum atomic E-state index is -0.390. The van der Waals surface area contributed by atoms with Crippen molar-refractivity contribution in [1.29, 1.82) is 0 Å². The fourth-order valence-corrected chi connectivity index (χ4v) is 1.71. The van der Waals surface area contributed by atoms with Crippen LogP contribution in [0.3, 0.4) is 0 Å². The fourth-order valence-electron chi connectivity index (χ4n) is 1.32. The predicted octanol–water partition coefficient (Wildman–Crippen LogP) is 2.42. The molecule has 18 heavy (non-hydrogen) atoms. The van der Waals surface area contributed by atoms with Crippen LogP contribution >= 0.6 is 15.9 Å². The lowest BCUT2D eigenvalue weighted by Gasteiger charge is -2.02. The third-order valence-electron chi connectivity index (χ3n) is 2.26. The highest BCUT2D eigenvalue weighted by molar-refractivity contribution is 9.09. The van der Waals surface area contributed by atoms with Gasteiger partial charge >= 0.3 is 11.9 Å². The summed E-state index contributed by atoms with van der Waals surface area (Å²) >= 11 is 3.22. The quantitative estimate of drug-likeness (QED) is 0.487. The van der Waals surface area contributed by atoms with E-state index >= 15 is 0 Å². The van der Waals surface area contributed by atoms with Crippen LogP contribution in [0.2, 0.25) is 0 Å². The van der Waals surface area contributed by atoms with Crippen molar-refractivity contribution in [3.8, 4) is 0 Å². The Kier molecular flexibility index (Phi) is 5.58. The molecular weight excluding hydrogens is 300 g/mol. The monoisotopic (exact) mass is 312 g/mol. The molecule has 0 N–H and O–H groups in total. The van der Waals surface area contributed by atoms with Crippen molar-refractivity contribution in [3.05, 3.63) is 41.0 Å². The molecule has 1 aromatic carbocycles. The van der Waals surface area contributed by atoms with Crippen LogP contribution in [0.4, 0.5) is 0 Å². The second kappa shape index (κ2) is 6.96. The molecule has 0 spiro atoms. The molecule has 0 aromatic heterocycles. The summed E-state index contributed by atoms with van der Waals surface area (Å²) in [6.45, 7) is 0. The summed E-state index contributed by atoms with van der Waals surface area (Å²) in [5.41, 5.74) is 1.78. The Balaban J connectivity index is 2.94. The van der Waals surface area contributed by atoms with E-state index in [1.165, 1.54) is 14.2 Å². The second-order valence-electron chi connectivity index (χ2n) is 3.41. The number of carbonyl (C=O) groups is 2. The highest BCUT2D eigenvalue weighted by Crippen LogP contribution is 2.12. The van der Waals surface area contributed by atoms with Crippen LogP contribution in [0, 0.1) is 0 Å². The van der Waals surface area contributed by atoms with Crippen molar-refractivity contribution in [2.45, 2.75) is 0 Å². The van der Waals surface area contributed by atoms with E-state index in [0.717, 1.165) is 5.56 Å². The molecule has 4 nitrogen and oxygen atoms in total. The van der Waals surface area contributed by atoms with Crippen molar-refractivity contribution in [2.75, 3.05) is 19.5 Å². The Bertz CT molecular complexity index is 462. The fraction of sp³-hybridized carbons (Fsp3) is 0.231. The van der Waals surface area contributed by atoms with Crippen molar-refractivity contribution < 1.29 is 19.1 Å². The first-order valence-corrected chi connectivity index (χ1v) is 6.27. The molecule has 0 aliphatic carbocycles. The molecule has 0 fully saturated rings. The minimum absolute atomic E-state index is 0.385. The van der Waals surface area contributed by atoms with Crippen LogP contribution in [0.15, 0.2) is 29.8 Å². The maximum Gasteiger partial charge on any atom is 0.337 e. The van der Waals surface area contributed by atoms with Gasteiger partial charge in [-0.15, -0.1) is 0 Å². The molecule has 0 aliphatic rings. The topological polar surface area (TPSA) is 52.6 Å². The molecular formula is C13H13BrO4. The Labute approximate surface area is 114 Å². The summed E-state index contributed by atoms with van der Waals surface area (Å²) in [4.78, 5) is 22.6. The number of esters is 2. The Morgan fingerprint density at radius 1 is 1.17 bits per heavy atom. The largest absolute Gasteiger partial charge is 0.466 e. The third-order valence-corrected chi connectivity index (χ3v) is 2.87. The van der Waals surface area contributed by atoms with Crippen molar-refractivity contribution >= 4 is 33.9 Å². The molecule has 0 heterocycles. The second-order valence-corrected chi connectivity index (χ2v) is 3.97. The van der Waals surface area contributed by atoms with Gasteiger partial charge in [0.15, 0.2) is 0 Å². The number of carbonyl (C=O) groups excluding carboxylic acids is 2. The number of hydrogen-bond donors (Lipinski definition) is 0. The lowest BCUT2D eigenvalue weighted by atomic mass is 10.1. The summed E-state index contributed by atoms with van der Waals surface area (Å²) < 4.78 is 9.24. The van der Waals surface area contributed by atoms with E-state index in [-0.39, 0.29) is 11.9 Å². The number of methoxy groups -OCH3 is 2. The summed E-state index contributed by atoms with van der Waals surface area (Å²) in [6.07, 6.45) is 1.70. The maximum atomic E-state index is 11.4. The van der Waals surface area contributed by atoms with E-state index in [0.29, 0.717) is 16.5 Å². The number of rotatable bonds is 4. The first-order chi connectivity index (χ1) is 8.62. The van der Waals surface area contributed by atoms with Gasteiger partial charge in [-0.1, -0.05) is 28.1 Å². The molecule has 0 amide bonds. The van der Waals surface area contributed by atoms with Crippen LogP contribution in [-0.2, 0) is 14.3 Å². The van der Waals surface area contributed by atoms with Gasteiger partial charge in [0.25, 0.3) is 0 Å². The summed E-state index contributed by atoms with van der Waals surface area (Å²) in [7, 11) is 2.66. The number of ether oxygens (including phenoxy) is 2. The zero-order chi connectivity index (χ0) is 13.5. The maximum absolute atomic E-state index is 11.4. The van der Waals surface area contributed by atoms with Gasteiger partial charge < -0.3 is 9.47 Å². The number of halogens is 1. The molecule has 5 heteroatoms. The molecule has 0 atom stereocenters. The van der Waals surface area contributed by atoms with Crippen LogP contribution in [0.1, 0.15) is 15.9 Å². The van der Waals surface area contributed by atoms with E-state index < -0.39 is 0 Å². The summed E-state index contributed by atoms with van der Waals surface area (Å²) in [6, 6.07) is 6.75. The van der Waals surface area contributed by atoms with Gasteiger partial charge in [0, 0.05) is 10.9 Å². The Morgan fingerprint density at radius 3 is 2.22 bits per heavy atom. The van der Waals surface area contributed by atoms with E-state index in [9.17, 15) is 9.59 Å². The Morgan fingerprint density at radius 2 is 1.78 bits per heavy atom. The molecule has 0 radical (unpaired) electrons. The predicted molar refractivity (Wildman–Crippen MR) is 71.6 cm³/mol. The van der Waals surface area contributed by atoms with Gasteiger partial charge in [-0.2, -0.15) is 0 Å². The summed E-state index contributed by atoms with van der Waals surface area (Å²) in [5.74, 6) is -0.775. The number of alkyl halides is 1. The lowest BCUT2D eigenvalue weighted by Crippen LogP contribution is -2.05. The van der Waals surface area contributed by atoms with Crippen molar-refractivity contribution in [3.63, 3.8) is 0 Å². The SMILES string of the molecule is COC(=O)/C(=C\c1ccc(C(=O)OC)cc1)CBr. The van der Waals surface area contributed by atoms with Crippen LogP contribution < -0.4 is 0 Å². The molecule has 0 saturated carbocycles. The molecule has 0 bridgehead atoms. The summed E-state index contributed by atoms with van der Waals surface area (Å²) in [5, 5.41) is 0.401. The number of benzene rings is 1. The average Bonchev–Trinajstić information content (AvgIpc) is 2.43. The van der Waals surface area contributed by atoms with Crippen LogP contribution in [0.25, 0.3) is 6.08 Å². The number of hydrogen-bond acceptors (Lipinski definition) is 4. The highest BCUT2D eigenvalue weighted by atomic mass is 79.9. The average molecular weight is 313 g/mol. The van der Waals surface area contributed by atoms with E-state index in [1.807, 2.05) is 0 Å². The minimum Gasteiger partial charge on any atom is -0.466 e. The standard InChI is InChI=1S/C13H13BrO4/c1-17-12(15)10-5-3-9(4-6-10)7-11(8-14)13(16)18-2/h3-7H,8H2,1-2H3/b11-7-. The molecule has 0 aliphatic heterocycles. The van der Waals surface area contributed by atoms with Crippen molar-refractivity contribution in [2.24, 2.45) is 0 Å². The Hall–Kier alpha value is -1.62. The van der Waals surface area contributed by atoms with E-state index in [1.54, 1.807) is 30.3 Å². The van der Waals surface area contributed by atoms with Crippen LogP contribution in [0.5, 0.6) is 0 Å². The van der Waals surface area contributed by atoms with Gasteiger partial charge in [-0.3, -0.25) is 0 Å². The van der Waals surface area contributed by atoms with Gasteiger partial charge in [0.2, 0.25) is 0 Å². The molecule has 0 unspecified atom stereocenters. The zero-order valence-corrected chi connectivity index (χ0v) is 11.7. The zero-order valence-electron chi connectivity index (χ0n) is 10.1. The third kappa shape index (κ3) is 3.70. The van der Waals surface area contributed by atoms with Crippen LogP contribution in [-0.4, -0.2) is 31.5 Å². The first kappa shape index (κ1) is 14.4. The smallest absolute Gasteiger partial charge is 0.337 e. The molecule has 96 valence electrons. The van der Waals surface area contributed by atoms with E-state index in [4.69, 9.17) is 0 Å². The lowest BCUT2D eigenvalue weighted by molar-refractivity contribution is -0.135. The first-order valence-electron chi connectivity index (χ1n) is 5.15. The van der Waals surface area contributed by atoms with Gasteiger partial charge in [0.1, 0.15) is 0 Å².